The number of aliphatic hydroxyl groups is 1. The van der Waals surface area contributed by atoms with Gasteiger partial charge in [0.15, 0.2) is 5.60 Å². The highest BCUT2D eigenvalue weighted by molar-refractivity contribution is 5.92. The third-order valence-corrected chi connectivity index (χ3v) is 9.09. The third-order valence-electron chi connectivity index (χ3n) is 9.09. The number of hydrogen-bond acceptors (Lipinski definition) is 6. The number of carbonyl (C=O) groups excluding carboxylic acids is 1. The van der Waals surface area contributed by atoms with Gasteiger partial charge in [-0.25, -0.2) is 4.79 Å². The Bertz CT molecular complexity index is 819. The zero-order chi connectivity index (χ0) is 17.9. The predicted octanol–water partition coefficient (Wildman–Crippen LogP) is 1.10. The van der Waals surface area contributed by atoms with Gasteiger partial charge in [-0.3, -0.25) is 0 Å². The summed E-state index contributed by atoms with van der Waals surface area (Å²) in [5.74, 6) is 0.297. The van der Waals surface area contributed by atoms with Crippen molar-refractivity contribution in [1.29, 1.82) is 0 Å². The van der Waals surface area contributed by atoms with E-state index in [0.29, 0.717) is 6.61 Å². The Balaban J connectivity index is 1.38. The van der Waals surface area contributed by atoms with E-state index in [2.05, 4.69) is 20.8 Å². The second-order valence-electron chi connectivity index (χ2n) is 9.91. The van der Waals surface area contributed by atoms with Gasteiger partial charge >= 0.3 is 5.97 Å². The molecule has 2 spiro atoms. The van der Waals surface area contributed by atoms with Crippen LogP contribution in [0.3, 0.4) is 0 Å². The molecule has 0 amide bonds. The Morgan fingerprint density at radius 3 is 2.81 bits per heavy atom. The van der Waals surface area contributed by atoms with Gasteiger partial charge in [0, 0.05) is 11.0 Å². The first-order valence-corrected chi connectivity index (χ1v) is 9.95. The molecule has 4 heterocycles. The fourth-order valence-corrected chi connectivity index (χ4v) is 7.71. The summed E-state index contributed by atoms with van der Waals surface area (Å²) >= 11 is 0. The minimum absolute atomic E-state index is 0.0802. The van der Waals surface area contributed by atoms with Crippen molar-refractivity contribution in [3.05, 3.63) is 11.1 Å². The fourth-order valence-electron chi connectivity index (χ4n) is 7.71. The first kappa shape index (κ1) is 15.0. The number of epoxide rings is 3. The molecule has 2 saturated carbocycles. The highest BCUT2D eigenvalue weighted by Gasteiger charge is 3.01. The van der Waals surface area contributed by atoms with Crippen LogP contribution in [0.5, 0.6) is 0 Å². The van der Waals surface area contributed by atoms with Gasteiger partial charge in [0.2, 0.25) is 0 Å². The van der Waals surface area contributed by atoms with Gasteiger partial charge in [0.25, 0.3) is 0 Å². The summed E-state index contributed by atoms with van der Waals surface area (Å²) in [7, 11) is 0. The lowest BCUT2D eigenvalue weighted by Gasteiger charge is -2.52. The molecule has 0 aromatic carbocycles. The Morgan fingerprint density at radius 2 is 2.04 bits per heavy atom. The van der Waals surface area contributed by atoms with Crippen LogP contribution in [0.25, 0.3) is 0 Å². The van der Waals surface area contributed by atoms with Crippen LogP contribution in [0.1, 0.15) is 40.0 Å². The van der Waals surface area contributed by atoms with E-state index in [1.165, 1.54) is 0 Å². The molecule has 6 heteroatoms. The Kier molecular flexibility index (Phi) is 2.19. The van der Waals surface area contributed by atoms with Crippen LogP contribution in [0.2, 0.25) is 0 Å². The number of fused-ring (bicyclic) bond motifs is 3. The van der Waals surface area contributed by atoms with E-state index in [9.17, 15) is 9.90 Å². The summed E-state index contributed by atoms with van der Waals surface area (Å²) in [6.07, 6.45) is 1.66. The van der Waals surface area contributed by atoms with Gasteiger partial charge in [-0.2, -0.15) is 0 Å². The molecule has 4 aliphatic heterocycles. The van der Waals surface area contributed by atoms with Gasteiger partial charge in [-0.1, -0.05) is 20.8 Å². The summed E-state index contributed by atoms with van der Waals surface area (Å²) in [5.41, 5.74) is 0.458. The van der Waals surface area contributed by atoms with Gasteiger partial charge in [0.1, 0.15) is 36.1 Å². The fraction of sp³-hybridized carbons (Fsp3) is 0.850. The van der Waals surface area contributed by atoms with Gasteiger partial charge in [0.05, 0.1) is 6.10 Å². The zero-order valence-electron chi connectivity index (χ0n) is 15.3. The molecular weight excluding hydrogens is 336 g/mol. The smallest absolute Gasteiger partial charge is 0.334 e. The molecule has 26 heavy (non-hydrogen) atoms. The second-order valence-corrected chi connectivity index (χ2v) is 9.91. The minimum Gasteiger partial charge on any atom is -0.458 e. The summed E-state index contributed by atoms with van der Waals surface area (Å²) in [6, 6.07) is 0. The Labute approximate surface area is 151 Å². The van der Waals surface area contributed by atoms with Gasteiger partial charge < -0.3 is 24.1 Å². The lowest BCUT2D eigenvalue weighted by Crippen LogP contribution is -2.67. The molecule has 0 aromatic heterocycles. The van der Waals surface area contributed by atoms with Crippen molar-refractivity contribution >= 4 is 5.97 Å². The Morgan fingerprint density at radius 1 is 1.23 bits per heavy atom. The van der Waals surface area contributed by atoms with Crippen LogP contribution in [0.15, 0.2) is 11.1 Å². The van der Waals surface area contributed by atoms with Crippen molar-refractivity contribution < 1.29 is 28.8 Å². The number of aliphatic hydroxyl groups excluding tert-OH is 1. The third kappa shape index (κ3) is 1.14. The maximum Gasteiger partial charge on any atom is 0.334 e. The zero-order valence-corrected chi connectivity index (χ0v) is 15.3. The molecule has 1 N–H and O–H groups in total. The minimum atomic E-state index is -0.615. The van der Waals surface area contributed by atoms with Crippen LogP contribution in [-0.2, 0) is 23.7 Å². The summed E-state index contributed by atoms with van der Waals surface area (Å²) < 4.78 is 24.4. The first-order chi connectivity index (χ1) is 12.3. The molecule has 0 unspecified atom stereocenters. The topological polar surface area (TPSA) is 84.1 Å². The largest absolute Gasteiger partial charge is 0.458 e. The summed E-state index contributed by atoms with van der Waals surface area (Å²) in [5, 5.41) is 11.2. The lowest BCUT2D eigenvalue weighted by molar-refractivity contribution is -0.136. The van der Waals surface area contributed by atoms with E-state index < -0.39 is 22.9 Å². The summed E-state index contributed by atoms with van der Waals surface area (Å²) in [6.45, 7) is 6.91. The van der Waals surface area contributed by atoms with Crippen LogP contribution in [0.4, 0.5) is 0 Å². The normalized spacial score (nSPS) is 63.1. The van der Waals surface area contributed by atoms with E-state index in [1.807, 2.05) is 0 Å². The number of esters is 1. The number of carbonyl (C=O) groups is 1. The summed E-state index contributed by atoms with van der Waals surface area (Å²) in [4.78, 5) is 12.1. The predicted molar refractivity (Wildman–Crippen MR) is 87.1 cm³/mol. The first-order valence-electron chi connectivity index (χ1n) is 9.95. The van der Waals surface area contributed by atoms with Crippen molar-refractivity contribution in [2.75, 3.05) is 6.61 Å². The molecule has 5 fully saturated rings. The van der Waals surface area contributed by atoms with Crippen LogP contribution >= 0.6 is 0 Å². The molecule has 9 atom stereocenters. The van der Waals surface area contributed by atoms with E-state index in [4.69, 9.17) is 18.9 Å². The molecule has 6 nitrogen and oxygen atoms in total. The number of hydrogen-bond donors (Lipinski definition) is 1. The highest BCUT2D eigenvalue weighted by atomic mass is 16.8. The van der Waals surface area contributed by atoms with Crippen molar-refractivity contribution in [1.82, 2.24) is 0 Å². The van der Waals surface area contributed by atoms with Crippen molar-refractivity contribution in [3.63, 3.8) is 0 Å². The SMILES string of the molecule is CC(C)[C@]12O[C@H]1[C@]13O[C@H]1C[C@H]1C4=C(CC[C@]1(C)[C@@]31O[C@H]1[C@H]2O)C(=O)OC4. The number of cyclic esters (lactones) is 1. The molecule has 3 aliphatic carbocycles. The monoisotopic (exact) mass is 360 g/mol. The molecule has 140 valence electrons. The molecule has 0 aromatic rings. The maximum atomic E-state index is 12.1. The quantitative estimate of drug-likeness (QED) is 0.557. The van der Waals surface area contributed by atoms with Crippen molar-refractivity contribution in [3.8, 4) is 0 Å². The highest BCUT2D eigenvalue weighted by Crippen LogP contribution is 2.83. The number of rotatable bonds is 1. The van der Waals surface area contributed by atoms with E-state index in [1.54, 1.807) is 0 Å². The van der Waals surface area contributed by atoms with Crippen LogP contribution in [0, 0.1) is 17.3 Å². The molecule has 7 aliphatic rings. The number of ether oxygens (including phenoxy) is 4. The van der Waals surface area contributed by atoms with Crippen LogP contribution in [-0.4, -0.2) is 58.9 Å². The van der Waals surface area contributed by atoms with E-state index >= 15 is 0 Å². The molecular formula is C20H24O6. The molecule has 3 saturated heterocycles. The van der Waals surface area contributed by atoms with Crippen molar-refractivity contribution in [2.45, 2.75) is 81.3 Å². The molecule has 7 rings (SSSR count). The molecule has 0 bridgehead atoms. The van der Waals surface area contributed by atoms with E-state index in [0.717, 1.165) is 30.4 Å². The molecule has 0 radical (unpaired) electrons. The average molecular weight is 360 g/mol. The maximum absolute atomic E-state index is 12.1. The van der Waals surface area contributed by atoms with Gasteiger partial charge in [-0.05, 0) is 36.7 Å². The van der Waals surface area contributed by atoms with Gasteiger partial charge in [-0.15, -0.1) is 0 Å². The lowest BCUT2D eigenvalue weighted by atomic mass is 9.47. The second kappa shape index (κ2) is 3.79. The van der Waals surface area contributed by atoms with Crippen LogP contribution < -0.4 is 0 Å². The van der Waals surface area contributed by atoms with Crippen molar-refractivity contribution in [2.24, 2.45) is 17.3 Å². The Hall–Kier alpha value is -0.950. The van der Waals surface area contributed by atoms with E-state index in [-0.39, 0.29) is 41.5 Å². The standard InChI is InChI=1S/C20H24O6/c1-8(2)18-13(21)14-20(25-14)17(3)5-4-9-10(7-23-15(9)22)11(17)6-12-19(20,24-12)16(18)26-18/h8,11-14,16,21H,4-7H2,1-3H3/t11-,12-,13+,14-,16+,17-,18+,19+,20+/m0/s1. The average Bonchev–Trinajstić information content (AvgIpc) is 3.47.